The van der Waals surface area contributed by atoms with E-state index in [2.05, 4.69) is 37.8 Å². The molecule has 1 N–H and O–H groups in total. The van der Waals surface area contributed by atoms with E-state index < -0.39 is 0 Å². The number of aromatic amines is 1. The number of hydrogen-bond acceptors (Lipinski definition) is 3. The number of fused-ring (bicyclic) bond motifs is 1. The van der Waals surface area contributed by atoms with Crippen LogP contribution in [0.5, 0.6) is 0 Å². The summed E-state index contributed by atoms with van der Waals surface area (Å²) in [5.74, 6) is 0.566. The summed E-state index contributed by atoms with van der Waals surface area (Å²) < 4.78 is 0.515. The van der Waals surface area contributed by atoms with Crippen LogP contribution < -0.4 is 5.56 Å². The van der Waals surface area contributed by atoms with Crippen LogP contribution in [0.25, 0.3) is 22.2 Å². The van der Waals surface area contributed by atoms with Crippen molar-refractivity contribution in [1.82, 2.24) is 15.0 Å². The zero-order valence-electron chi connectivity index (χ0n) is 11.6. The van der Waals surface area contributed by atoms with Gasteiger partial charge in [-0.2, -0.15) is 0 Å². The van der Waals surface area contributed by atoms with Gasteiger partial charge in [-0.25, -0.2) is 4.98 Å². The Balaban J connectivity index is 2.26. The number of nitrogens with zero attached hydrogens (tertiary/aromatic N) is 2. The second-order valence-electron chi connectivity index (χ2n) is 4.83. The molecule has 106 valence electrons. The van der Waals surface area contributed by atoms with Crippen LogP contribution in [0.3, 0.4) is 0 Å². The maximum Gasteiger partial charge on any atom is 0.265 e. The van der Waals surface area contributed by atoms with Crippen molar-refractivity contribution in [2.45, 2.75) is 19.8 Å². The van der Waals surface area contributed by atoms with E-state index in [0.29, 0.717) is 10.3 Å². The maximum absolute atomic E-state index is 12.1. The molecule has 2 heterocycles. The Labute approximate surface area is 130 Å². The van der Waals surface area contributed by atoms with Gasteiger partial charge in [-0.15, -0.1) is 0 Å². The van der Waals surface area contributed by atoms with Gasteiger partial charge in [-0.05, 0) is 27.7 Å². The van der Waals surface area contributed by atoms with Crippen molar-refractivity contribution in [3.63, 3.8) is 0 Å². The molecular formula is C16H14BrN3O. The lowest BCUT2D eigenvalue weighted by molar-refractivity contribution is 0.861. The number of halogens is 1. The van der Waals surface area contributed by atoms with Crippen LogP contribution in [0.15, 0.2) is 45.9 Å². The second kappa shape index (κ2) is 5.77. The average Bonchev–Trinajstić information content (AvgIpc) is 2.51. The van der Waals surface area contributed by atoms with Gasteiger partial charge < -0.3 is 4.98 Å². The van der Waals surface area contributed by atoms with Gasteiger partial charge in [0, 0.05) is 23.3 Å². The van der Waals surface area contributed by atoms with E-state index in [-0.39, 0.29) is 5.56 Å². The summed E-state index contributed by atoms with van der Waals surface area (Å²) in [5, 5.41) is 2.05. The molecule has 1 aromatic carbocycles. The van der Waals surface area contributed by atoms with Gasteiger partial charge in [-0.3, -0.25) is 9.78 Å². The Morgan fingerprint density at radius 3 is 2.86 bits per heavy atom. The van der Waals surface area contributed by atoms with Crippen molar-refractivity contribution in [1.29, 1.82) is 0 Å². The fourth-order valence-corrected chi connectivity index (χ4v) is 2.73. The molecule has 4 nitrogen and oxygen atoms in total. The normalized spacial score (nSPS) is 11.0. The molecule has 0 unspecified atom stereocenters. The first-order chi connectivity index (χ1) is 10.2. The van der Waals surface area contributed by atoms with E-state index in [9.17, 15) is 4.79 Å². The Morgan fingerprint density at radius 2 is 2.05 bits per heavy atom. The Kier molecular flexibility index (Phi) is 3.84. The van der Waals surface area contributed by atoms with Crippen LogP contribution in [0.2, 0.25) is 0 Å². The van der Waals surface area contributed by atoms with E-state index >= 15 is 0 Å². The molecule has 0 aliphatic heterocycles. The van der Waals surface area contributed by atoms with Crippen LogP contribution in [0.4, 0.5) is 0 Å². The molecule has 0 fully saturated rings. The predicted molar refractivity (Wildman–Crippen MR) is 87.3 cm³/mol. The lowest BCUT2D eigenvalue weighted by Crippen LogP contribution is -2.13. The Bertz CT molecular complexity index is 852. The molecule has 21 heavy (non-hydrogen) atoms. The van der Waals surface area contributed by atoms with Gasteiger partial charge in [0.25, 0.3) is 5.56 Å². The quantitative estimate of drug-likeness (QED) is 0.788. The van der Waals surface area contributed by atoms with Gasteiger partial charge in [0.15, 0.2) is 0 Å². The lowest BCUT2D eigenvalue weighted by Gasteiger charge is -2.08. The minimum Gasteiger partial charge on any atom is -0.305 e. The summed E-state index contributed by atoms with van der Waals surface area (Å²) in [5.41, 5.74) is 1.47. The molecule has 3 rings (SSSR count). The van der Waals surface area contributed by atoms with Crippen molar-refractivity contribution in [3.05, 3.63) is 57.2 Å². The highest BCUT2D eigenvalue weighted by Crippen LogP contribution is 2.25. The third-order valence-corrected chi connectivity index (χ3v) is 4.16. The molecule has 0 amide bonds. The fraction of sp³-hybridized carbons (Fsp3) is 0.188. The first-order valence-corrected chi connectivity index (χ1v) is 7.62. The van der Waals surface area contributed by atoms with Crippen molar-refractivity contribution < 1.29 is 0 Å². The first-order valence-electron chi connectivity index (χ1n) is 6.82. The number of benzene rings is 1. The summed E-state index contributed by atoms with van der Waals surface area (Å²) in [7, 11) is 0. The smallest absolute Gasteiger partial charge is 0.265 e. The topological polar surface area (TPSA) is 58.6 Å². The molecule has 0 saturated carbocycles. The molecule has 0 saturated heterocycles. The van der Waals surface area contributed by atoms with Crippen LogP contribution >= 0.6 is 15.9 Å². The van der Waals surface area contributed by atoms with Crippen LogP contribution in [-0.4, -0.2) is 15.0 Å². The summed E-state index contributed by atoms with van der Waals surface area (Å²) in [6, 6.07) is 7.94. The highest BCUT2D eigenvalue weighted by Gasteiger charge is 2.12. The molecule has 5 heteroatoms. The predicted octanol–water partition coefficient (Wildman–Crippen LogP) is 3.70. The number of nitrogens with one attached hydrogen (secondary N) is 1. The minimum atomic E-state index is -0.156. The molecule has 0 spiro atoms. The molecule has 0 aliphatic carbocycles. The lowest BCUT2D eigenvalue weighted by atomic mass is 10.1. The van der Waals surface area contributed by atoms with Gasteiger partial charge in [0.2, 0.25) is 0 Å². The maximum atomic E-state index is 12.1. The van der Waals surface area contributed by atoms with E-state index in [4.69, 9.17) is 0 Å². The number of pyridine rings is 1. The molecule has 3 aromatic rings. The number of aromatic nitrogens is 3. The standard InChI is InChI=1S/C16H14BrN3O/c1-2-5-13-14(17)16(21)20-15(19-13)12-9-18-8-10-6-3-4-7-11(10)12/h3-4,6-9H,2,5H2,1H3,(H,19,20,21). The summed E-state index contributed by atoms with van der Waals surface area (Å²) in [4.78, 5) is 23.8. The SMILES string of the molecule is CCCc1nc(-c2cncc3ccccc23)[nH]c(=O)c1Br. The number of rotatable bonds is 3. The second-order valence-corrected chi connectivity index (χ2v) is 5.63. The third-order valence-electron chi connectivity index (χ3n) is 3.34. The van der Waals surface area contributed by atoms with E-state index in [0.717, 1.165) is 34.9 Å². The molecule has 2 aromatic heterocycles. The average molecular weight is 344 g/mol. The largest absolute Gasteiger partial charge is 0.305 e. The summed E-state index contributed by atoms with van der Waals surface area (Å²) >= 11 is 3.32. The highest BCUT2D eigenvalue weighted by atomic mass is 79.9. The monoisotopic (exact) mass is 343 g/mol. The first kappa shape index (κ1) is 13.9. The van der Waals surface area contributed by atoms with Gasteiger partial charge in [0.05, 0.1) is 5.69 Å². The van der Waals surface area contributed by atoms with Crippen LogP contribution in [-0.2, 0) is 6.42 Å². The molecule has 0 atom stereocenters. The fourth-order valence-electron chi connectivity index (χ4n) is 2.34. The van der Waals surface area contributed by atoms with Gasteiger partial charge in [-0.1, -0.05) is 37.6 Å². The third kappa shape index (κ3) is 2.61. The minimum absolute atomic E-state index is 0.156. The van der Waals surface area contributed by atoms with E-state index in [1.54, 1.807) is 6.20 Å². The van der Waals surface area contributed by atoms with E-state index in [1.165, 1.54) is 0 Å². The van der Waals surface area contributed by atoms with Crippen LogP contribution in [0.1, 0.15) is 19.0 Å². The number of aryl methyl sites for hydroxylation is 1. The molecular weight excluding hydrogens is 330 g/mol. The van der Waals surface area contributed by atoms with Crippen molar-refractivity contribution in [3.8, 4) is 11.4 Å². The number of H-pyrrole nitrogens is 1. The van der Waals surface area contributed by atoms with Crippen molar-refractivity contribution in [2.24, 2.45) is 0 Å². The summed E-state index contributed by atoms with van der Waals surface area (Å²) in [6.07, 6.45) is 5.24. The molecule has 0 bridgehead atoms. The zero-order chi connectivity index (χ0) is 14.8. The summed E-state index contributed by atoms with van der Waals surface area (Å²) in [6.45, 7) is 2.06. The van der Waals surface area contributed by atoms with Gasteiger partial charge in [0.1, 0.15) is 10.3 Å². The van der Waals surface area contributed by atoms with Gasteiger partial charge >= 0.3 is 0 Å². The van der Waals surface area contributed by atoms with E-state index in [1.807, 2.05) is 30.5 Å². The van der Waals surface area contributed by atoms with Crippen LogP contribution in [0, 0.1) is 0 Å². The molecule has 0 aliphatic rings. The molecule has 0 radical (unpaired) electrons. The number of hydrogen-bond donors (Lipinski definition) is 1. The highest BCUT2D eigenvalue weighted by molar-refractivity contribution is 9.10. The van der Waals surface area contributed by atoms with Crippen molar-refractivity contribution in [2.75, 3.05) is 0 Å². The Hall–Kier alpha value is -2.01. The Morgan fingerprint density at radius 1 is 1.24 bits per heavy atom. The van der Waals surface area contributed by atoms with Crippen molar-refractivity contribution >= 4 is 26.7 Å². The zero-order valence-corrected chi connectivity index (χ0v) is 13.1.